The smallest absolute Gasteiger partial charge is 0.226 e. The van der Waals surface area contributed by atoms with E-state index in [1.165, 1.54) is 0 Å². The Bertz CT molecular complexity index is 448. The molecule has 2 rings (SSSR count). The van der Waals surface area contributed by atoms with Crippen LogP contribution in [0.15, 0.2) is 24.3 Å². The molecule has 1 fully saturated rings. The molecule has 2 N–H and O–H groups in total. The average Bonchev–Trinajstić information content (AvgIpc) is 2.50. The molecule has 0 spiro atoms. The molecule has 4 heteroatoms. The van der Waals surface area contributed by atoms with Crippen molar-refractivity contribution >= 4 is 17.3 Å². The first-order valence-electron chi connectivity index (χ1n) is 7.78. The molecule has 0 unspecified atom stereocenters. The van der Waals surface area contributed by atoms with Crippen LogP contribution in [0.5, 0.6) is 0 Å². The van der Waals surface area contributed by atoms with Gasteiger partial charge in [0.05, 0.1) is 6.10 Å². The molecule has 0 saturated heterocycles. The number of nitrogens with one attached hydrogen (secondary N) is 2. The average molecular weight is 290 g/mol. The van der Waals surface area contributed by atoms with Gasteiger partial charge in [0.25, 0.3) is 0 Å². The summed E-state index contributed by atoms with van der Waals surface area (Å²) in [5, 5.41) is 6.46. The third-order valence-corrected chi connectivity index (χ3v) is 4.06. The quantitative estimate of drug-likeness (QED) is 0.870. The van der Waals surface area contributed by atoms with Gasteiger partial charge in [0.2, 0.25) is 5.91 Å². The van der Waals surface area contributed by atoms with Crippen LogP contribution in [-0.4, -0.2) is 25.2 Å². The van der Waals surface area contributed by atoms with Crippen LogP contribution in [0.3, 0.4) is 0 Å². The molecule has 0 aromatic heterocycles. The Morgan fingerprint density at radius 1 is 1.10 bits per heavy atom. The number of hydrogen-bond donors (Lipinski definition) is 2. The van der Waals surface area contributed by atoms with E-state index in [4.69, 9.17) is 4.74 Å². The largest absolute Gasteiger partial charge is 0.382 e. The molecule has 1 aliphatic rings. The molecule has 0 aliphatic heterocycles. The van der Waals surface area contributed by atoms with Gasteiger partial charge in [-0.15, -0.1) is 0 Å². The first-order chi connectivity index (χ1) is 10.1. The summed E-state index contributed by atoms with van der Waals surface area (Å²) in [5.74, 6) is 0.0485. The standard InChI is InChI=1S/C17H26N2O2/c1-12(2)17(20)19-15-6-4-13(5-7-15)18-14-8-10-16(21-3)11-9-14/h4-7,12,14,16,18H,8-11H2,1-3H3,(H,19,20). The van der Waals surface area contributed by atoms with Gasteiger partial charge in [0.1, 0.15) is 0 Å². The molecule has 1 aliphatic carbocycles. The Labute approximate surface area is 127 Å². The molecule has 0 bridgehead atoms. The van der Waals surface area contributed by atoms with E-state index in [2.05, 4.69) is 10.6 Å². The highest BCUT2D eigenvalue weighted by molar-refractivity contribution is 5.92. The monoisotopic (exact) mass is 290 g/mol. The number of anilines is 2. The zero-order chi connectivity index (χ0) is 15.2. The highest BCUT2D eigenvalue weighted by atomic mass is 16.5. The van der Waals surface area contributed by atoms with Crippen molar-refractivity contribution in [2.45, 2.75) is 51.7 Å². The number of carbonyl (C=O) groups excluding carboxylic acids is 1. The zero-order valence-electron chi connectivity index (χ0n) is 13.2. The lowest BCUT2D eigenvalue weighted by Gasteiger charge is -2.29. The summed E-state index contributed by atoms with van der Waals surface area (Å²) in [7, 11) is 1.79. The summed E-state index contributed by atoms with van der Waals surface area (Å²) >= 11 is 0. The van der Waals surface area contributed by atoms with Gasteiger partial charge in [-0.25, -0.2) is 0 Å². The molecule has 21 heavy (non-hydrogen) atoms. The number of rotatable bonds is 5. The van der Waals surface area contributed by atoms with Crippen LogP contribution in [-0.2, 0) is 9.53 Å². The summed E-state index contributed by atoms with van der Waals surface area (Å²) in [4.78, 5) is 11.6. The fourth-order valence-electron chi connectivity index (χ4n) is 2.61. The normalized spacial score (nSPS) is 22.1. The maximum atomic E-state index is 11.6. The summed E-state index contributed by atoms with van der Waals surface area (Å²) < 4.78 is 5.39. The van der Waals surface area contributed by atoms with Crippen molar-refractivity contribution in [1.82, 2.24) is 0 Å². The van der Waals surface area contributed by atoms with E-state index in [9.17, 15) is 4.79 Å². The first kappa shape index (κ1) is 15.8. The van der Waals surface area contributed by atoms with Crippen molar-refractivity contribution < 1.29 is 9.53 Å². The minimum Gasteiger partial charge on any atom is -0.382 e. The van der Waals surface area contributed by atoms with Crippen LogP contribution in [0.2, 0.25) is 0 Å². The molecule has 1 aromatic carbocycles. The Balaban J connectivity index is 1.84. The number of hydrogen-bond acceptors (Lipinski definition) is 3. The molecule has 1 aromatic rings. The van der Waals surface area contributed by atoms with Crippen molar-refractivity contribution in [3.63, 3.8) is 0 Å². The molecular weight excluding hydrogens is 264 g/mol. The number of ether oxygens (including phenoxy) is 1. The molecule has 4 nitrogen and oxygen atoms in total. The van der Waals surface area contributed by atoms with Gasteiger partial charge in [-0.1, -0.05) is 13.8 Å². The van der Waals surface area contributed by atoms with E-state index < -0.39 is 0 Å². The van der Waals surface area contributed by atoms with Gasteiger partial charge >= 0.3 is 0 Å². The minimum absolute atomic E-state index is 0.00114. The summed E-state index contributed by atoms with van der Waals surface area (Å²) in [5.41, 5.74) is 1.96. The maximum absolute atomic E-state index is 11.6. The molecule has 1 saturated carbocycles. The molecule has 1 amide bonds. The number of carbonyl (C=O) groups is 1. The van der Waals surface area contributed by atoms with Crippen LogP contribution in [0.4, 0.5) is 11.4 Å². The van der Waals surface area contributed by atoms with E-state index in [0.29, 0.717) is 12.1 Å². The van der Waals surface area contributed by atoms with Crippen molar-refractivity contribution in [2.24, 2.45) is 5.92 Å². The molecule has 0 atom stereocenters. The van der Waals surface area contributed by atoms with Gasteiger partial charge in [-0.05, 0) is 49.9 Å². The lowest BCUT2D eigenvalue weighted by Crippen LogP contribution is -2.29. The van der Waals surface area contributed by atoms with E-state index in [1.807, 2.05) is 38.1 Å². The molecular formula is C17H26N2O2. The van der Waals surface area contributed by atoms with E-state index >= 15 is 0 Å². The van der Waals surface area contributed by atoms with Gasteiger partial charge in [0, 0.05) is 30.4 Å². The van der Waals surface area contributed by atoms with Crippen molar-refractivity contribution in [2.75, 3.05) is 17.7 Å². The topological polar surface area (TPSA) is 50.4 Å². The predicted octanol–water partition coefficient (Wildman–Crippen LogP) is 3.65. The number of amides is 1. The molecule has 0 heterocycles. The van der Waals surface area contributed by atoms with Crippen LogP contribution in [0.25, 0.3) is 0 Å². The van der Waals surface area contributed by atoms with Crippen LogP contribution in [0.1, 0.15) is 39.5 Å². The fourth-order valence-corrected chi connectivity index (χ4v) is 2.61. The first-order valence-corrected chi connectivity index (χ1v) is 7.78. The minimum atomic E-state index is -0.00114. The van der Waals surface area contributed by atoms with Crippen LogP contribution >= 0.6 is 0 Å². The van der Waals surface area contributed by atoms with Crippen molar-refractivity contribution in [3.05, 3.63) is 24.3 Å². The Morgan fingerprint density at radius 3 is 2.19 bits per heavy atom. The second kappa shape index (κ2) is 7.46. The zero-order valence-corrected chi connectivity index (χ0v) is 13.2. The van der Waals surface area contributed by atoms with E-state index in [1.54, 1.807) is 7.11 Å². The second-order valence-electron chi connectivity index (χ2n) is 6.07. The van der Waals surface area contributed by atoms with Gasteiger partial charge < -0.3 is 15.4 Å². The summed E-state index contributed by atoms with van der Waals surface area (Å²) in [6.45, 7) is 3.78. The third kappa shape index (κ3) is 4.74. The molecule has 0 radical (unpaired) electrons. The van der Waals surface area contributed by atoms with Gasteiger partial charge in [-0.2, -0.15) is 0 Å². The lowest BCUT2D eigenvalue weighted by molar-refractivity contribution is -0.118. The molecule has 116 valence electrons. The third-order valence-electron chi connectivity index (χ3n) is 4.06. The Morgan fingerprint density at radius 2 is 1.67 bits per heavy atom. The SMILES string of the molecule is COC1CCC(Nc2ccc(NC(=O)C(C)C)cc2)CC1. The van der Waals surface area contributed by atoms with Crippen molar-refractivity contribution in [3.8, 4) is 0 Å². The fraction of sp³-hybridized carbons (Fsp3) is 0.588. The van der Waals surface area contributed by atoms with E-state index in [-0.39, 0.29) is 11.8 Å². The van der Waals surface area contributed by atoms with Crippen LogP contribution in [0, 0.1) is 5.92 Å². The van der Waals surface area contributed by atoms with Gasteiger partial charge in [0.15, 0.2) is 0 Å². The Hall–Kier alpha value is -1.55. The van der Waals surface area contributed by atoms with Crippen molar-refractivity contribution in [1.29, 1.82) is 0 Å². The highest BCUT2D eigenvalue weighted by Crippen LogP contribution is 2.24. The van der Waals surface area contributed by atoms with Crippen LogP contribution < -0.4 is 10.6 Å². The summed E-state index contributed by atoms with van der Waals surface area (Å²) in [6, 6.07) is 8.47. The second-order valence-corrected chi connectivity index (χ2v) is 6.07. The highest BCUT2D eigenvalue weighted by Gasteiger charge is 2.20. The lowest BCUT2D eigenvalue weighted by atomic mass is 9.93. The summed E-state index contributed by atoms with van der Waals surface area (Å²) in [6.07, 6.45) is 4.96. The van der Waals surface area contributed by atoms with Gasteiger partial charge in [-0.3, -0.25) is 4.79 Å². The Kier molecular flexibility index (Phi) is 5.62. The number of benzene rings is 1. The van der Waals surface area contributed by atoms with E-state index in [0.717, 1.165) is 37.1 Å². The number of methoxy groups -OCH3 is 1. The predicted molar refractivity (Wildman–Crippen MR) is 86.6 cm³/mol. The maximum Gasteiger partial charge on any atom is 0.226 e.